The molecule has 0 radical (unpaired) electrons. The van der Waals surface area contributed by atoms with Gasteiger partial charge < -0.3 is 19.9 Å². The zero-order valence-corrected chi connectivity index (χ0v) is 17.1. The van der Waals surface area contributed by atoms with Gasteiger partial charge in [-0.2, -0.15) is 0 Å². The van der Waals surface area contributed by atoms with Gasteiger partial charge in [0.05, 0.1) is 18.9 Å². The number of carbonyl (C=O) groups excluding carboxylic acids is 1. The monoisotopic (exact) mass is 392 g/mol. The molecule has 1 aromatic carbocycles. The first-order valence-electron chi connectivity index (χ1n) is 10.4. The van der Waals surface area contributed by atoms with E-state index in [0.29, 0.717) is 50.4 Å². The first kappa shape index (κ1) is 20.9. The molecule has 2 aliphatic heterocycles. The number of anilines is 1. The molecular formula is C21H33FN4O2. The van der Waals surface area contributed by atoms with Crippen LogP contribution >= 0.6 is 0 Å². The molecule has 0 bridgehead atoms. The van der Waals surface area contributed by atoms with E-state index < -0.39 is 0 Å². The summed E-state index contributed by atoms with van der Waals surface area (Å²) in [4.78, 5) is 18.9. The Morgan fingerprint density at radius 1 is 1.11 bits per heavy atom. The predicted molar refractivity (Wildman–Crippen MR) is 109 cm³/mol. The van der Waals surface area contributed by atoms with E-state index in [1.165, 1.54) is 6.07 Å². The lowest BCUT2D eigenvalue weighted by atomic mass is 10.0. The summed E-state index contributed by atoms with van der Waals surface area (Å²) in [7, 11) is 0. The Kier molecular flexibility index (Phi) is 7.50. The van der Waals surface area contributed by atoms with Crippen molar-refractivity contribution >= 4 is 11.7 Å². The van der Waals surface area contributed by atoms with Gasteiger partial charge in [-0.05, 0) is 24.5 Å². The van der Waals surface area contributed by atoms with E-state index in [2.05, 4.69) is 24.1 Å². The predicted octanol–water partition coefficient (Wildman–Crippen LogP) is 2.40. The summed E-state index contributed by atoms with van der Waals surface area (Å²) in [6, 6.07) is 7.14. The van der Waals surface area contributed by atoms with Crippen LogP contribution in [0.25, 0.3) is 0 Å². The van der Waals surface area contributed by atoms with Gasteiger partial charge in [0.15, 0.2) is 0 Å². The van der Waals surface area contributed by atoms with Crippen LogP contribution in [0.3, 0.4) is 0 Å². The molecular weight excluding hydrogens is 359 g/mol. The van der Waals surface area contributed by atoms with Crippen molar-refractivity contribution in [2.75, 3.05) is 63.9 Å². The lowest BCUT2D eigenvalue weighted by molar-refractivity contribution is 0.0127. The Morgan fingerprint density at radius 2 is 1.79 bits per heavy atom. The number of halogens is 1. The molecule has 0 saturated carbocycles. The second-order valence-electron chi connectivity index (χ2n) is 8.04. The summed E-state index contributed by atoms with van der Waals surface area (Å²) in [5.41, 5.74) is 0.617. The number of benzene rings is 1. The van der Waals surface area contributed by atoms with Crippen molar-refractivity contribution in [3.8, 4) is 0 Å². The third kappa shape index (κ3) is 5.58. The van der Waals surface area contributed by atoms with Crippen molar-refractivity contribution in [2.24, 2.45) is 5.92 Å². The van der Waals surface area contributed by atoms with Gasteiger partial charge in [0, 0.05) is 51.9 Å². The highest BCUT2D eigenvalue weighted by molar-refractivity contribution is 5.74. The molecule has 0 spiro atoms. The number of nitrogens with zero attached hydrogens (tertiary/aromatic N) is 3. The van der Waals surface area contributed by atoms with Gasteiger partial charge in [-0.25, -0.2) is 9.18 Å². The second-order valence-corrected chi connectivity index (χ2v) is 8.04. The highest BCUT2D eigenvalue weighted by Crippen LogP contribution is 2.20. The van der Waals surface area contributed by atoms with E-state index in [1.807, 2.05) is 15.9 Å². The van der Waals surface area contributed by atoms with Gasteiger partial charge in [0.2, 0.25) is 0 Å². The van der Waals surface area contributed by atoms with Crippen LogP contribution < -0.4 is 10.2 Å². The Bertz CT molecular complexity index is 629. The largest absolute Gasteiger partial charge is 0.379 e. The number of rotatable bonds is 6. The third-order valence-electron chi connectivity index (χ3n) is 5.55. The number of morpholine rings is 1. The number of hydrogen-bond donors (Lipinski definition) is 1. The topological polar surface area (TPSA) is 48.1 Å². The average molecular weight is 393 g/mol. The number of carbonyl (C=O) groups is 1. The molecule has 0 aromatic heterocycles. The normalized spacial score (nSPS) is 19.7. The van der Waals surface area contributed by atoms with E-state index in [4.69, 9.17) is 4.74 Å². The van der Waals surface area contributed by atoms with Gasteiger partial charge in [0.25, 0.3) is 0 Å². The van der Waals surface area contributed by atoms with E-state index in [1.54, 1.807) is 12.1 Å². The van der Waals surface area contributed by atoms with Crippen molar-refractivity contribution in [1.29, 1.82) is 0 Å². The molecule has 2 aliphatic rings. The second kappa shape index (κ2) is 10.1. The third-order valence-corrected chi connectivity index (χ3v) is 5.55. The maximum absolute atomic E-state index is 14.0. The smallest absolute Gasteiger partial charge is 0.317 e. The summed E-state index contributed by atoms with van der Waals surface area (Å²) in [5, 5.41) is 3.13. The van der Waals surface area contributed by atoms with Gasteiger partial charge in [-0.1, -0.05) is 26.0 Å². The van der Waals surface area contributed by atoms with Crippen molar-refractivity contribution in [2.45, 2.75) is 26.3 Å². The van der Waals surface area contributed by atoms with E-state index >= 15 is 0 Å². The number of ether oxygens (including phenoxy) is 1. The minimum atomic E-state index is -0.206. The van der Waals surface area contributed by atoms with E-state index in [9.17, 15) is 9.18 Å². The minimum absolute atomic E-state index is 0.0183. The molecule has 156 valence electrons. The molecule has 2 fully saturated rings. The lowest BCUT2D eigenvalue weighted by Gasteiger charge is -2.38. The Hall–Kier alpha value is -1.86. The zero-order chi connectivity index (χ0) is 19.9. The zero-order valence-electron chi connectivity index (χ0n) is 17.1. The summed E-state index contributed by atoms with van der Waals surface area (Å²) in [5.74, 6) is 0.372. The summed E-state index contributed by atoms with van der Waals surface area (Å²) in [6.07, 6.45) is 1.06. The molecule has 2 amide bonds. The van der Waals surface area contributed by atoms with Gasteiger partial charge >= 0.3 is 6.03 Å². The van der Waals surface area contributed by atoms with Gasteiger partial charge in [-0.15, -0.1) is 0 Å². The number of para-hydroxylation sites is 1. The quantitative estimate of drug-likeness (QED) is 0.808. The maximum Gasteiger partial charge on any atom is 0.317 e. The number of urea groups is 1. The first-order chi connectivity index (χ1) is 13.5. The lowest BCUT2D eigenvalue weighted by Crippen LogP contribution is -2.55. The highest BCUT2D eigenvalue weighted by atomic mass is 19.1. The fourth-order valence-corrected chi connectivity index (χ4v) is 4.02. The standard InChI is InChI=1S/C21H33FN4O2/c1-17(2)15-18(24-11-13-28-14-12-24)16-23-21(27)26-9-7-25(8-10-26)20-6-4-3-5-19(20)22/h3-6,17-18H,7-16H2,1-2H3,(H,23,27). The Morgan fingerprint density at radius 3 is 2.43 bits per heavy atom. The van der Waals surface area contributed by atoms with Crippen LogP contribution in [-0.4, -0.2) is 80.9 Å². The van der Waals surface area contributed by atoms with E-state index in [-0.39, 0.29) is 11.8 Å². The molecule has 2 saturated heterocycles. The van der Waals surface area contributed by atoms with Crippen LogP contribution in [0.15, 0.2) is 24.3 Å². The Balaban J connectivity index is 1.48. The first-order valence-corrected chi connectivity index (χ1v) is 10.4. The maximum atomic E-state index is 14.0. The minimum Gasteiger partial charge on any atom is -0.379 e. The average Bonchev–Trinajstić information content (AvgIpc) is 2.72. The fraction of sp³-hybridized carbons (Fsp3) is 0.667. The van der Waals surface area contributed by atoms with E-state index in [0.717, 1.165) is 32.7 Å². The number of amides is 2. The van der Waals surface area contributed by atoms with Crippen LogP contribution in [0, 0.1) is 11.7 Å². The molecule has 3 rings (SSSR count). The fourth-order valence-electron chi connectivity index (χ4n) is 4.02. The van der Waals surface area contributed by atoms with Gasteiger partial charge in [0.1, 0.15) is 5.82 Å². The van der Waals surface area contributed by atoms with Crippen LogP contribution in [-0.2, 0) is 4.74 Å². The van der Waals surface area contributed by atoms with Crippen molar-refractivity contribution in [3.05, 3.63) is 30.1 Å². The summed E-state index contributed by atoms with van der Waals surface area (Å²) in [6.45, 7) is 11.0. The van der Waals surface area contributed by atoms with Crippen LogP contribution in [0.2, 0.25) is 0 Å². The number of nitrogens with one attached hydrogen (secondary N) is 1. The van der Waals surface area contributed by atoms with Gasteiger partial charge in [-0.3, -0.25) is 4.90 Å². The SMILES string of the molecule is CC(C)CC(CNC(=O)N1CCN(c2ccccc2F)CC1)N1CCOCC1. The van der Waals surface area contributed by atoms with Crippen LogP contribution in [0.4, 0.5) is 14.9 Å². The molecule has 1 aromatic rings. The van der Waals surface area contributed by atoms with Crippen LogP contribution in [0.5, 0.6) is 0 Å². The van der Waals surface area contributed by atoms with Crippen molar-refractivity contribution < 1.29 is 13.9 Å². The molecule has 1 unspecified atom stereocenters. The molecule has 2 heterocycles. The molecule has 28 heavy (non-hydrogen) atoms. The molecule has 7 heteroatoms. The molecule has 1 atom stereocenters. The number of hydrogen-bond acceptors (Lipinski definition) is 4. The Labute approximate surface area is 167 Å². The van der Waals surface area contributed by atoms with Crippen molar-refractivity contribution in [3.63, 3.8) is 0 Å². The van der Waals surface area contributed by atoms with Crippen molar-refractivity contribution in [1.82, 2.24) is 15.1 Å². The van der Waals surface area contributed by atoms with Crippen LogP contribution in [0.1, 0.15) is 20.3 Å². The molecule has 6 nitrogen and oxygen atoms in total. The highest BCUT2D eigenvalue weighted by Gasteiger charge is 2.25. The summed E-state index contributed by atoms with van der Waals surface area (Å²) >= 11 is 0. The molecule has 0 aliphatic carbocycles. The number of piperazine rings is 1. The summed E-state index contributed by atoms with van der Waals surface area (Å²) < 4.78 is 19.4. The molecule has 1 N–H and O–H groups in total.